The lowest BCUT2D eigenvalue weighted by Gasteiger charge is -2.15. The maximum absolute atomic E-state index is 12.2. The number of ether oxygens (including phenoxy) is 2. The molecular formula is C53H102O5. The Kier molecular flexibility index (Phi) is 48.8. The van der Waals surface area contributed by atoms with Crippen molar-refractivity contribution in [3.05, 3.63) is 12.2 Å². The van der Waals surface area contributed by atoms with Crippen molar-refractivity contribution in [2.24, 2.45) is 0 Å². The number of unbranched alkanes of at least 4 members (excludes halogenated alkanes) is 39. The Morgan fingerprint density at radius 2 is 0.638 bits per heavy atom. The Morgan fingerprint density at radius 1 is 0.379 bits per heavy atom. The highest BCUT2D eigenvalue weighted by Gasteiger charge is 2.16. The lowest BCUT2D eigenvalue weighted by atomic mass is 10.0. The number of allylic oxidation sites excluding steroid dienone is 2. The summed E-state index contributed by atoms with van der Waals surface area (Å²) in [5, 5.41) is 9.59. The molecule has 0 aliphatic rings. The Bertz CT molecular complexity index is 840. The Balaban J connectivity index is 3.37. The van der Waals surface area contributed by atoms with Crippen LogP contribution in [0.5, 0.6) is 0 Å². The molecule has 1 N–H and O–H groups in total. The van der Waals surface area contributed by atoms with Gasteiger partial charge in [0.2, 0.25) is 0 Å². The van der Waals surface area contributed by atoms with Crippen LogP contribution in [-0.4, -0.2) is 36.4 Å². The van der Waals surface area contributed by atoms with E-state index < -0.39 is 6.10 Å². The number of rotatable bonds is 49. The third kappa shape index (κ3) is 47.3. The van der Waals surface area contributed by atoms with Crippen LogP contribution in [0.2, 0.25) is 0 Å². The number of hydrogen-bond donors (Lipinski definition) is 1. The normalized spacial score (nSPS) is 12.1. The van der Waals surface area contributed by atoms with Crippen LogP contribution < -0.4 is 0 Å². The molecule has 1 unspecified atom stereocenters. The molecule has 5 heteroatoms. The number of carbonyl (C=O) groups is 2. The molecule has 0 aliphatic carbocycles. The van der Waals surface area contributed by atoms with Gasteiger partial charge in [-0.2, -0.15) is 0 Å². The summed E-state index contributed by atoms with van der Waals surface area (Å²) in [4.78, 5) is 24.4. The quantitative estimate of drug-likeness (QED) is 0.0376. The largest absolute Gasteiger partial charge is 0.462 e. The van der Waals surface area contributed by atoms with Crippen LogP contribution in [0.25, 0.3) is 0 Å². The standard InChI is InChI=1S/C53H102O5/c1-3-5-7-9-11-13-15-17-18-19-20-21-22-23-24-25-26-27-28-29-30-31-32-33-34-36-37-39-41-43-45-47-52(55)57-50-51(49-54)58-53(56)48-46-44-42-40-38-35-16-14-12-10-8-6-4-2/h14,16,51,54H,3-13,15,17-50H2,1-2H3/b16-14-. The summed E-state index contributed by atoms with van der Waals surface area (Å²) in [6.45, 7) is 4.16. The fourth-order valence-corrected chi connectivity index (χ4v) is 8.08. The number of carbonyl (C=O) groups excluding carboxylic acids is 2. The van der Waals surface area contributed by atoms with E-state index in [9.17, 15) is 14.7 Å². The van der Waals surface area contributed by atoms with Crippen LogP contribution >= 0.6 is 0 Å². The molecule has 0 saturated carbocycles. The van der Waals surface area contributed by atoms with E-state index in [1.165, 1.54) is 231 Å². The highest BCUT2D eigenvalue weighted by atomic mass is 16.6. The van der Waals surface area contributed by atoms with Gasteiger partial charge in [0, 0.05) is 12.8 Å². The third-order valence-corrected chi connectivity index (χ3v) is 12.1. The van der Waals surface area contributed by atoms with Gasteiger partial charge in [0.25, 0.3) is 0 Å². The van der Waals surface area contributed by atoms with Crippen molar-refractivity contribution in [3.8, 4) is 0 Å². The molecule has 0 aromatic carbocycles. The van der Waals surface area contributed by atoms with E-state index in [2.05, 4.69) is 26.0 Å². The Hall–Kier alpha value is -1.36. The summed E-state index contributed by atoms with van der Waals surface area (Å²) < 4.78 is 10.7. The van der Waals surface area contributed by atoms with Crippen LogP contribution in [0.1, 0.15) is 296 Å². The first kappa shape index (κ1) is 56.6. The first-order chi connectivity index (χ1) is 28.6. The zero-order chi connectivity index (χ0) is 42.1. The average Bonchev–Trinajstić information content (AvgIpc) is 3.23. The summed E-state index contributed by atoms with van der Waals surface area (Å²) in [6, 6.07) is 0. The molecule has 0 bridgehead atoms. The highest BCUT2D eigenvalue weighted by Crippen LogP contribution is 2.17. The van der Waals surface area contributed by atoms with Crippen molar-refractivity contribution < 1.29 is 24.2 Å². The molecule has 0 spiro atoms. The molecule has 0 aromatic rings. The van der Waals surface area contributed by atoms with Crippen molar-refractivity contribution in [1.82, 2.24) is 0 Å². The maximum Gasteiger partial charge on any atom is 0.306 e. The van der Waals surface area contributed by atoms with Crippen LogP contribution in [0.4, 0.5) is 0 Å². The minimum atomic E-state index is -0.770. The smallest absolute Gasteiger partial charge is 0.306 e. The molecule has 0 aromatic heterocycles. The predicted octanol–water partition coefficient (Wildman–Crippen LogP) is 17.2. The minimum Gasteiger partial charge on any atom is -0.462 e. The van der Waals surface area contributed by atoms with Crippen molar-refractivity contribution >= 4 is 11.9 Å². The minimum absolute atomic E-state index is 0.0627. The van der Waals surface area contributed by atoms with Gasteiger partial charge in [-0.15, -0.1) is 0 Å². The number of esters is 2. The fraction of sp³-hybridized carbons (Fsp3) is 0.925. The number of aliphatic hydroxyl groups excluding tert-OH is 1. The summed E-state index contributed by atoms with van der Waals surface area (Å²) in [5.41, 5.74) is 0. The number of aliphatic hydroxyl groups is 1. The maximum atomic E-state index is 12.2. The summed E-state index contributed by atoms with van der Waals surface area (Å²) in [5.74, 6) is -0.585. The van der Waals surface area contributed by atoms with Gasteiger partial charge < -0.3 is 14.6 Å². The molecule has 0 amide bonds. The van der Waals surface area contributed by atoms with Gasteiger partial charge in [0.05, 0.1) is 6.61 Å². The predicted molar refractivity (Wildman–Crippen MR) is 252 cm³/mol. The van der Waals surface area contributed by atoms with Gasteiger partial charge >= 0.3 is 11.9 Å². The van der Waals surface area contributed by atoms with Gasteiger partial charge in [0.1, 0.15) is 6.61 Å². The molecule has 0 rings (SSSR count). The molecular weight excluding hydrogens is 717 g/mol. The lowest BCUT2D eigenvalue weighted by Crippen LogP contribution is -2.28. The summed E-state index contributed by atoms with van der Waals surface area (Å²) in [6.07, 6.45) is 60.5. The second-order valence-electron chi connectivity index (χ2n) is 18.0. The van der Waals surface area contributed by atoms with Crippen molar-refractivity contribution in [3.63, 3.8) is 0 Å². The Labute approximate surface area is 362 Å². The van der Waals surface area contributed by atoms with Crippen molar-refractivity contribution in [2.75, 3.05) is 13.2 Å². The second-order valence-corrected chi connectivity index (χ2v) is 18.0. The molecule has 0 fully saturated rings. The molecule has 5 nitrogen and oxygen atoms in total. The van der Waals surface area contributed by atoms with Gasteiger partial charge in [-0.1, -0.05) is 257 Å². The van der Waals surface area contributed by atoms with Crippen LogP contribution in [-0.2, 0) is 19.1 Å². The zero-order valence-corrected chi connectivity index (χ0v) is 39.3. The second kappa shape index (κ2) is 50.0. The third-order valence-electron chi connectivity index (χ3n) is 12.1. The molecule has 0 aliphatic heterocycles. The molecule has 344 valence electrons. The van der Waals surface area contributed by atoms with Gasteiger partial charge in [0.15, 0.2) is 6.10 Å². The van der Waals surface area contributed by atoms with Gasteiger partial charge in [-0.3, -0.25) is 9.59 Å². The van der Waals surface area contributed by atoms with E-state index in [-0.39, 0.29) is 25.2 Å². The molecule has 0 radical (unpaired) electrons. The first-order valence-electron chi connectivity index (χ1n) is 26.2. The Morgan fingerprint density at radius 3 is 0.948 bits per heavy atom. The van der Waals surface area contributed by atoms with E-state index >= 15 is 0 Å². The average molecular weight is 819 g/mol. The van der Waals surface area contributed by atoms with E-state index in [0.29, 0.717) is 12.8 Å². The number of hydrogen-bond acceptors (Lipinski definition) is 5. The van der Waals surface area contributed by atoms with Crippen LogP contribution in [0, 0.1) is 0 Å². The molecule has 0 heterocycles. The topological polar surface area (TPSA) is 72.8 Å². The molecule has 0 saturated heterocycles. The monoisotopic (exact) mass is 819 g/mol. The van der Waals surface area contributed by atoms with E-state index in [4.69, 9.17) is 9.47 Å². The van der Waals surface area contributed by atoms with Gasteiger partial charge in [-0.25, -0.2) is 0 Å². The first-order valence-corrected chi connectivity index (χ1v) is 26.2. The lowest BCUT2D eigenvalue weighted by molar-refractivity contribution is -0.161. The van der Waals surface area contributed by atoms with Gasteiger partial charge in [-0.05, 0) is 38.5 Å². The summed E-state index contributed by atoms with van der Waals surface area (Å²) in [7, 11) is 0. The van der Waals surface area contributed by atoms with Crippen molar-refractivity contribution in [1.29, 1.82) is 0 Å². The van der Waals surface area contributed by atoms with Crippen LogP contribution in [0.3, 0.4) is 0 Å². The van der Waals surface area contributed by atoms with E-state index in [1.54, 1.807) is 0 Å². The van der Waals surface area contributed by atoms with Crippen LogP contribution in [0.15, 0.2) is 12.2 Å². The highest BCUT2D eigenvalue weighted by molar-refractivity contribution is 5.70. The van der Waals surface area contributed by atoms with E-state index in [1.807, 2.05) is 0 Å². The zero-order valence-electron chi connectivity index (χ0n) is 39.3. The SMILES string of the molecule is CCCCCC/C=C\CCCCCCCC(=O)OC(CO)COC(=O)CCCCCCCCCCCCCCCCCCCCCCCCCCCCCCCCC. The molecule has 1 atom stereocenters. The molecule has 58 heavy (non-hydrogen) atoms. The van der Waals surface area contributed by atoms with Crippen molar-refractivity contribution in [2.45, 2.75) is 302 Å². The summed E-state index contributed by atoms with van der Waals surface area (Å²) >= 11 is 0. The van der Waals surface area contributed by atoms with E-state index in [0.717, 1.165) is 38.5 Å². The fourth-order valence-electron chi connectivity index (χ4n) is 8.08.